The van der Waals surface area contributed by atoms with Gasteiger partial charge in [0.15, 0.2) is 0 Å². The van der Waals surface area contributed by atoms with Crippen molar-refractivity contribution in [1.82, 2.24) is 4.90 Å². The molecule has 1 amide bonds. The molecule has 0 heterocycles. The van der Waals surface area contributed by atoms with Gasteiger partial charge in [0.2, 0.25) is 5.91 Å². The van der Waals surface area contributed by atoms with E-state index in [2.05, 4.69) is 16.3 Å². The lowest BCUT2D eigenvalue weighted by atomic mass is 9.76. The molecule has 6 heteroatoms. The minimum atomic E-state index is -0.826. The van der Waals surface area contributed by atoms with Crippen molar-refractivity contribution >= 4 is 11.6 Å². The molecule has 0 radical (unpaired) electrons. The third-order valence-electron chi connectivity index (χ3n) is 8.08. The van der Waals surface area contributed by atoms with Gasteiger partial charge in [0.25, 0.3) is 0 Å². The maximum Gasteiger partial charge on any atom is 0.242 e. The van der Waals surface area contributed by atoms with Crippen LogP contribution in [0.1, 0.15) is 22.6 Å². The lowest BCUT2D eigenvalue weighted by molar-refractivity contribution is -0.123. The van der Waals surface area contributed by atoms with E-state index in [4.69, 9.17) is 4.74 Å². The summed E-state index contributed by atoms with van der Waals surface area (Å²) in [5.41, 5.74) is 3.72. The fraction of sp³-hybridized carbons (Fsp3) is 0.250. The Hall–Kier alpha value is -4.23. The van der Waals surface area contributed by atoms with Crippen LogP contribution in [0.25, 0.3) is 0 Å². The molecule has 0 aliphatic heterocycles. The third-order valence-corrected chi connectivity index (χ3v) is 8.08. The molecule has 0 spiro atoms. The second kappa shape index (κ2) is 14.1. The highest BCUT2D eigenvalue weighted by molar-refractivity contribution is 5.95. The molecule has 3 N–H and O–H groups in total. The minimum absolute atomic E-state index is 0.162. The fourth-order valence-corrected chi connectivity index (χ4v) is 5.83. The molecule has 1 aliphatic carbocycles. The van der Waals surface area contributed by atoms with E-state index in [1.165, 1.54) is 0 Å². The molecule has 5 rings (SSSR count). The first-order valence-corrected chi connectivity index (χ1v) is 14.4. The van der Waals surface area contributed by atoms with Gasteiger partial charge in [0.1, 0.15) is 5.75 Å². The van der Waals surface area contributed by atoms with E-state index < -0.39 is 18.1 Å². The van der Waals surface area contributed by atoms with Crippen molar-refractivity contribution in [1.29, 1.82) is 0 Å². The first-order chi connectivity index (χ1) is 20.6. The van der Waals surface area contributed by atoms with Crippen LogP contribution >= 0.6 is 0 Å². The zero-order valence-electron chi connectivity index (χ0n) is 23.8. The molecular formula is C36H38N2O4. The Labute approximate surface area is 247 Å². The molecule has 216 valence electrons. The van der Waals surface area contributed by atoms with E-state index in [9.17, 15) is 15.0 Å². The predicted octanol–water partition coefficient (Wildman–Crippen LogP) is 5.44. The van der Waals surface area contributed by atoms with Crippen LogP contribution in [0, 0.1) is 5.92 Å². The van der Waals surface area contributed by atoms with E-state index in [1.807, 2.05) is 121 Å². The number of amides is 1. The number of methoxy groups -OCH3 is 1. The molecule has 4 aromatic carbocycles. The van der Waals surface area contributed by atoms with Crippen LogP contribution in [-0.4, -0.2) is 52.9 Å². The fourth-order valence-electron chi connectivity index (χ4n) is 5.83. The highest BCUT2D eigenvalue weighted by Crippen LogP contribution is 2.36. The van der Waals surface area contributed by atoms with Gasteiger partial charge in [-0.25, -0.2) is 0 Å². The highest BCUT2D eigenvalue weighted by Gasteiger charge is 2.42. The Morgan fingerprint density at radius 2 is 1.43 bits per heavy atom. The monoisotopic (exact) mass is 562 g/mol. The van der Waals surface area contributed by atoms with Gasteiger partial charge in [-0.1, -0.05) is 103 Å². The normalized spacial score (nSPS) is 20.7. The van der Waals surface area contributed by atoms with E-state index in [-0.39, 0.29) is 24.5 Å². The van der Waals surface area contributed by atoms with Crippen LogP contribution in [0.5, 0.6) is 5.75 Å². The summed E-state index contributed by atoms with van der Waals surface area (Å²) in [5.74, 6) is -0.209. The molecule has 0 bridgehead atoms. The van der Waals surface area contributed by atoms with Gasteiger partial charge in [-0.05, 0) is 47.4 Å². The number of anilines is 1. The highest BCUT2D eigenvalue weighted by atomic mass is 16.5. The number of hydrogen-bond acceptors (Lipinski definition) is 5. The zero-order valence-corrected chi connectivity index (χ0v) is 23.8. The molecule has 1 aliphatic rings. The van der Waals surface area contributed by atoms with E-state index >= 15 is 0 Å². The third kappa shape index (κ3) is 6.97. The summed E-state index contributed by atoms with van der Waals surface area (Å²) in [4.78, 5) is 16.3. The number of nitrogens with zero attached hydrogens (tertiary/aromatic N) is 1. The number of hydrogen-bond donors (Lipinski definition) is 3. The standard InChI is InChI=1S/C36H38N2O4/c1-42-30-19-17-29(18-20-30)37-36(41)34(23-26-11-5-2-6-12-26)38(24-27-13-7-3-8-14-27)33-22-21-31(35(40)32(33)25-39)28-15-9-4-10-16-28/h2-22,31-35,39-40H,23-25H2,1H3,(H,37,41)/t31-,32+,33-,34-,35+/m0/s1. The van der Waals surface area contributed by atoms with Crippen molar-refractivity contribution in [3.05, 3.63) is 144 Å². The van der Waals surface area contributed by atoms with Crippen molar-refractivity contribution in [2.24, 2.45) is 5.92 Å². The SMILES string of the molecule is COc1ccc(NC(=O)[C@H](Cc2ccccc2)N(Cc2ccccc2)[C@H]2C=C[C@@H](c3ccccc3)[C@@H](O)[C@@H]2CO)cc1. The Kier molecular flexibility index (Phi) is 9.82. The summed E-state index contributed by atoms with van der Waals surface area (Å²) in [6, 6.07) is 36.1. The zero-order chi connectivity index (χ0) is 29.3. The number of carbonyl (C=O) groups excluding carboxylic acids is 1. The van der Waals surface area contributed by atoms with Crippen LogP contribution in [0.2, 0.25) is 0 Å². The average molecular weight is 563 g/mol. The average Bonchev–Trinajstić information content (AvgIpc) is 3.04. The van der Waals surface area contributed by atoms with E-state index in [0.717, 1.165) is 16.7 Å². The summed E-state index contributed by atoms with van der Waals surface area (Å²) < 4.78 is 5.28. The van der Waals surface area contributed by atoms with Crippen molar-refractivity contribution in [2.45, 2.75) is 37.1 Å². The Bertz CT molecular complexity index is 1430. The van der Waals surface area contributed by atoms with E-state index in [1.54, 1.807) is 7.11 Å². The number of nitrogens with one attached hydrogen (secondary N) is 1. The van der Waals surface area contributed by atoms with Crippen molar-refractivity contribution in [3.63, 3.8) is 0 Å². The van der Waals surface area contributed by atoms with Crippen LogP contribution < -0.4 is 10.1 Å². The molecule has 0 aromatic heterocycles. The molecule has 0 fully saturated rings. The maximum absolute atomic E-state index is 14.2. The van der Waals surface area contributed by atoms with Crippen molar-refractivity contribution in [3.8, 4) is 5.75 Å². The quantitative estimate of drug-likeness (QED) is 0.212. The Balaban J connectivity index is 1.54. The summed E-state index contributed by atoms with van der Waals surface area (Å²) in [5, 5.41) is 25.4. The largest absolute Gasteiger partial charge is 0.497 e. The lowest BCUT2D eigenvalue weighted by Gasteiger charge is -2.44. The van der Waals surface area contributed by atoms with Crippen molar-refractivity contribution < 1.29 is 19.7 Å². The summed E-state index contributed by atoms with van der Waals surface area (Å²) in [6.45, 7) is 0.242. The van der Waals surface area contributed by atoms with Gasteiger partial charge >= 0.3 is 0 Å². The molecule has 6 nitrogen and oxygen atoms in total. The smallest absolute Gasteiger partial charge is 0.242 e. The Morgan fingerprint density at radius 3 is 2.02 bits per heavy atom. The van der Waals surface area contributed by atoms with Gasteiger partial charge in [0.05, 0.1) is 25.9 Å². The molecular weight excluding hydrogens is 524 g/mol. The van der Waals surface area contributed by atoms with Gasteiger partial charge in [-0.3, -0.25) is 9.69 Å². The van der Waals surface area contributed by atoms with Gasteiger partial charge in [-0.15, -0.1) is 0 Å². The number of aliphatic hydroxyl groups is 2. The van der Waals surface area contributed by atoms with Crippen LogP contribution in [0.3, 0.4) is 0 Å². The topological polar surface area (TPSA) is 82.0 Å². The van der Waals surface area contributed by atoms with Crippen LogP contribution in [0.4, 0.5) is 5.69 Å². The second-order valence-electron chi connectivity index (χ2n) is 10.7. The summed E-state index contributed by atoms with van der Waals surface area (Å²) in [7, 11) is 1.61. The predicted molar refractivity (Wildman–Crippen MR) is 166 cm³/mol. The number of carbonyl (C=O) groups is 1. The lowest BCUT2D eigenvalue weighted by Crippen LogP contribution is -2.56. The number of rotatable bonds is 11. The molecule has 42 heavy (non-hydrogen) atoms. The molecule has 0 saturated carbocycles. The Morgan fingerprint density at radius 1 is 0.833 bits per heavy atom. The number of ether oxygens (including phenoxy) is 1. The summed E-state index contributed by atoms with van der Waals surface area (Å²) in [6.07, 6.45) is 3.71. The first-order valence-electron chi connectivity index (χ1n) is 14.4. The molecule has 4 aromatic rings. The summed E-state index contributed by atoms with van der Waals surface area (Å²) >= 11 is 0. The molecule has 0 saturated heterocycles. The van der Waals surface area contributed by atoms with E-state index in [0.29, 0.717) is 24.4 Å². The van der Waals surface area contributed by atoms with Gasteiger partial charge in [0, 0.05) is 30.1 Å². The van der Waals surface area contributed by atoms with Gasteiger partial charge in [-0.2, -0.15) is 0 Å². The van der Waals surface area contributed by atoms with Crippen molar-refractivity contribution in [2.75, 3.05) is 19.0 Å². The first kappa shape index (κ1) is 29.3. The second-order valence-corrected chi connectivity index (χ2v) is 10.7. The van der Waals surface area contributed by atoms with Crippen LogP contribution in [-0.2, 0) is 17.8 Å². The molecule has 0 unspecified atom stereocenters. The maximum atomic E-state index is 14.2. The number of aliphatic hydroxyl groups excluding tert-OH is 2. The van der Waals surface area contributed by atoms with Gasteiger partial charge < -0.3 is 20.3 Å². The number of benzene rings is 4. The molecule has 5 atom stereocenters. The minimum Gasteiger partial charge on any atom is -0.497 e. The van der Waals surface area contributed by atoms with Crippen LogP contribution in [0.15, 0.2) is 127 Å².